The number of nitro benzene ring substituents is 1. The van der Waals surface area contributed by atoms with Gasteiger partial charge in [-0.15, -0.1) is 0 Å². The van der Waals surface area contributed by atoms with E-state index in [1.165, 1.54) is 12.1 Å². The number of nitrogens with zero attached hydrogens (tertiary/aromatic N) is 1. The van der Waals surface area contributed by atoms with Crippen molar-refractivity contribution in [1.29, 1.82) is 0 Å². The molecule has 22 heavy (non-hydrogen) atoms. The molecule has 118 valence electrons. The number of nitrogens with one attached hydrogen (secondary N) is 1. The molecule has 1 aromatic carbocycles. The van der Waals surface area contributed by atoms with Crippen LogP contribution in [0.15, 0.2) is 30.3 Å². The summed E-state index contributed by atoms with van der Waals surface area (Å²) < 4.78 is 5.24. The lowest BCUT2D eigenvalue weighted by Gasteiger charge is -2.23. The Morgan fingerprint density at radius 3 is 2.77 bits per heavy atom. The minimum Gasteiger partial charge on any atom is -0.465 e. The second-order valence-corrected chi connectivity index (χ2v) is 5.22. The van der Waals surface area contributed by atoms with Gasteiger partial charge in [-0.25, -0.2) is 0 Å². The van der Waals surface area contributed by atoms with Gasteiger partial charge in [-0.1, -0.05) is 19.4 Å². The van der Waals surface area contributed by atoms with Crippen LogP contribution in [0.3, 0.4) is 0 Å². The highest BCUT2D eigenvalue weighted by atomic mass is 16.6. The Morgan fingerprint density at radius 1 is 1.41 bits per heavy atom. The van der Waals surface area contributed by atoms with E-state index in [0.717, 1.165) is 24.0 Å². The van der Waals surface area contributed by atoms with Crippen molar-refractivity contribution in [3.8, 4) is 0 Å². The lowest BCUT2D eigenvalue weighted by Crippen LogP contribution is -2.40. The van der Waals surface area contributed by atoms with Crippen molar-refractivity contribution < 1.29 is 14.5 Å². The van der Waals surface area contributed by atoms with E-state index in [1.807, 2.05) is 13.0 Å². The molecule has 0 aliphatic carbocycles. The summed E-state index contributed by atoms with van der Waals surface area (Å²) in [6, 6.07) is 6.04. The Hall–Kier alpha value is -2.21. The molecule has 0 spiro atoms. The first kappa shape index (κ1) is 16.2. The Morgan fingerprint density at radius 2 is 2.14 bits per heavy atom. The lowest BCUT2D eigenvalue weighted by molar-refractivity contribution is -0.384. The van der Waals surface area contributed by atoms with Gasteiger partial charge >= 0.3 is 5.97 Å². The van der Waals surface area contributed by atoms with Crippen LogP contribution in [-0.4, -0.2) is 30.1 Å². The monoisotopic (exact) mass is 304 g/mol. The van der Waals surface area contributed by atoms with Crippen molar-refractivity contribution in [2.24, 2.45) is 0 Å². The molecular formula is C16H20N2O4. The third-order valence-corrected chi connectivity index (χ3v) is 3.61. The van der Waals surface area contributed by atoms with E-state index in [0.29, 0.717) is 19.6 Å². The fraction of sp³-hybridized carbons (Fsp3) is 0.438. The molecule has 2 rings (SSSR count). The third-order valence-electron chi connectivity index (χ3n) is 3.61. The molecule has 1 aromatic rings. The Bertz CT molecular complexity index is 566. The summed E-state index contributed by atoms with van der Waals surface area (Å²) in [7, 11) is 0. The predicted molar refractivity (Wildman–Crippen MR) is 83.3 cm³/mol. The van der Waals surface area contributed by atoms with Crippen molar-refractivity contribution >= 4 is 17.2 Å². The van der Waals surface area contributed by atoms with Gasteiger partial charge in [0, 0.05) is 18.7 Å². The fourth-order valence-corrected chi connectivity index (χ4v) is 2.32. The summed E-state index contributed by atoms with van der Waals surface area (Å²) in [4.78, 5) is 22.2. The first-order valence-electron chi connectivity index (χ1n) is 7.45. The molecule has 0 saturated heterocycles. The van der Waals surface area contributed by atoms with Crippen molar-refractivity contribution in [3.63, 3.8) is 0 Å². The van der Waals surface area contributed by atoms with Crippen LogP contribution in [-0.2, 0) is 9.53 Å². The van der Waals surface area contributed by atoms with Crippen molar-refractivity contribution in [3.05, 3.63) is 46.0 Å². The van der Waals surface area contributed by atoms with Crippen molar-refractivity contribution in [2.75, 3.05) is 13.2 Å². The summed E-state index contributed by atoms with van der Waals surface area (Å²) in [5, 5.41) is 13.8. The standard InChI is InChI=1S/C16H20N2O4/c1-2-3-10-22-16(19)15-11-13(8-9-17-15)12-4-6-14(7-5-12)18(20)21/h4-8,15,17H,2-3,9-11H2,1H3. The van der Waals surface area contributed by atoms with Crippen LogP contribution in [0.4, 0.5) is 5.69 Å². The number of carbonyl (C=O) groups excluding carboxylic acids is 1. The van der Waals surface area contributed by atoms with Crippen LogP contribution in [0.5, 0.6) is 0 Å². The van der Waals surface area contributed by atoms with E-state index in [2.05, 4.69) is 5.32 Å². The normalized spacial score (nSPS) is 17.7. The van der Waals surface area contributed by atoms with E-state index < -0.39 is 4.92 Å². The molecule has 0 fully saturated rings. The molecule has 1 heterocycles. The van der Waals surface area contributed by atoms with Gasteiger partial charge in [0.15, 0.2) is 0 Å². The lowest BCUT2D eigenvalue weighted by atomic mass is 9.95. The molecule has 6 nitrogen and oxygen atoms in total. The maximum Gasteiger partial charge on any atom is 0.323 e. The number of ether oxygens (including phenoxy) is 1. The Labute approximate surface area is 129 Å². The molecule has 1 aliphatic rings. The summed E-state index contributed by atoms with van der Waals surface area (Å²) in [5.41, 5.74) is 1.97. The molecule has 1 N–H and O–H groups in total. The van der Waals surface area contributed by atoms with Gasteiger partial charge in [-0.2, -0.15) is 0 Å². The topological polar surface area (TPSA) is 81.5 Å². The molecule has 0 radical (unpaired) electrons. The van der Waals surface area contributed by atoms with Gasteiger partial charge in [-0.3, -0.25) is 14.9 Å². The zero-order valence-electron chi connectivity index (χ0n) is 12.6. The average Bonchev–Trinajstić information content (AvgIpc) is 2.55. The Balaban J connectivity index is 1.99. The number of rotatable bonds is 6. The van der Waals surface area contributed by atoms with Gasteiger partial charge in [0.25, 0.3) is 5.69 Å². The second kappa shape index (κ2) is 7.70. The second-order valence-electron chi connectivity index (χ2n) is 5.22. The van der Waals surface area contributed by atoms with Crippen LogP contribution in [0, 0.1) is 10.1 Å². The van der Waals surface area contributed by atoms with E-state index in [4.69, 9.17) is 4.74 Å². The van der Waals surface area contributed by atoms with Crippen LogP contribution >= 0.6 is 0 Å². The first-order chi connectivity index (χ1) is 10.6. The molecule has 6 heteroatoms. The minimum absolute atomic E-state index is 0.0637. The summed E-state index contributed by atoms with van der Waals surface area (Å²) >= 11 is 0. The third kappa shape index (κ3) is 4.14. The molecule has 1 unspecified atom stereocenters. The zero-order valence-corrected chi connectivity index (χ0v) is 12.6. The van der Waals surface area contributed by atoms with Crippen molar-refractivity contribution in [2.45, 2.75) is 32.2 Å². The highest BCUT2D eigenvalue weighted by Crippen LogP contribution is 2.25. The van der Waals surface area contributed by atoms with Crippen LogP contribution < -0.4 is 5.32 Å². The quantitative estimate of drug-likeness (QED) is 0.378. The molecule has 0 amide bonds. The smallest absolute Gasteiger partial charge is 0.323 e. The zero-order chi connectivity index (χ0) is 15.9. The predicted octanol–water partition coefficient (Wildman–Crippen LogP) is 2.68. The molecule has 1 atom stereocenters. The Kier molecular flexibility index (Phi) is 5.66. The SMILES string of the molecule is CCCCOC(=O)C1CC(c2ccc([N+](=O)[O-])cc2)=CCN1. The molecule has 1 aliphatic heterocycles. The molecule has 0 saturated carbocycles. The number of carbonyl (C=O) groups is 1. The largest absolute Gasteiger partial charge is 0.465 e. The highest BCUT2D eigenvalue weighted by molar-refractivity contribution is 5.81. The number of hydrogen-bond donors (Lipinski definition) is 1. The number of hydrogen-bond acceptors (Lipinski definition) is 5. The number of non-ortho nitro benzene ring substituents is 1. The number of nitro groups is 1. The fourth-order valence-electron chi connectivity index (χ4n) is 2.32. The summed E-state index contributed by atoms with van der Waals surface area (Å²) in [6.07, 6.45) is 4.38. The number of esters is 1. The highest BCUT2D eigenvalue weighted by Gasteiger charge is 2.24. The van der Waals surface area contributed by atoms with Gasteiger partial charge in [0.2, 0.25) is 0 Å². The van der Waals surface area contributed by atoms with E-state index in [9.17, 15) is 14.9 Å². The maximum atomic E-state index is 12.0. The minimum atomic E-state index is -0.422. The molecular weight excluding hydrogens is 284 g/mol. The van der Waals surface area contributed by atoms with Crippen LogP contribution in [0.2, 0.25) is 0 Å². The van der Waals surface area contributed by atoms with E-state index in [1.54, 1.807) is 12.1 Å². The number of unbranched alkanes of at least 4 members (excludes halogenated alkanes) is 1. The maximum absolute atomic E-state index is 12.0. The van der Waals surface area contributed by atoms with E-state index in [-0.39, 0.29) is 17.7 Å². The summed E-state index contributed by atoms with van der Waals surface area (Å²) in [5.74, 6) is -0.235. The average molecular weight is 304 g/mol. The van der Waals surface area contributed by atoms with Crippen LogP contribution in [0.25, 0.3) is 5.57 Å². The van der Waals surface area contributed by atoms with Gasteiger partial charge in [0.1, 0.15) is 6.04 Å². The van der Waals surface area contributed by atoms with Gasteiger partial charge in [0.05, 0.1) is 11.5 Å². The van der Waals surface area contributed by atoms with Gasteiger partial charge < -0.3 is 10.1 Å². The van der Waals surface area contributed by atoms with E-state index >= 15 is 0 Å². The van der Waals surface area contributed by atoms with Crippen molar-refractivity contribution in [1.82, 2.24) is 5.32 Å². The molecule has 0 aromatic heterocycles. The summed E-state index contributed by atoms with van der Waals surface area (Å²) in [6.45, 7) is 3.08. The number of benzene rings is 1. The van der Waals surface area contributed by atoms with Crippen LogP contribution in [0.1, 0.15) is 31.7 Å². The first-order valence-corrected chi connectivity index (χ1v) is 7.45. The van der Waals surface area contributed by atoms with Gasteiger partial charge in [-0.05, 0) is 36.1 Å². The molecule has 0 bridgehead atoms.